The minimum absolute atomic E-state index is 0.0316. The lowest BCUT2D eigenvalue weighted by atomic mass is 9.89. The van der Waals surface area contributed by atoms with Crippen LogP contribution in [0.5, 0.6) is 0 Å². The number of nitrogens with one attached hydrogen (secondary N) is 2. The number of aromatic nitrogens is 1. The molecule has 1 atom stereocenters. The largest absolute Gasteiger partial charge is 0.416 e. The molecule has 0 spiro atoms. The second-order valence-corrected chi connectivity index (χ2v) is 11.9. The maximum absolute atomic E-state index is 13.3. The number of hydrogen-bond acceptors (Lipinski definition) is 7. The lowest BCUT2D eigenvalue weighted by molar-refractivity contribution is -0.137. The van der Waals surface area contributed by atoms with Crippen LogP contribution in [0.25, 0.3) is 21.2 Å². The Hall–Kier alpha value is -2.83. The first-order valence-electron chi connectivity index (χ1n) is 12.2. The van der Waals surface area contributed by atoms with Crippen molar-refractivity contribution in [2.75, 3.05) is 26.2 Å². The molecule has 2 aromatic carbocycles. The van der Waals surface area contributed by atoms with E-state index in [1.54, 1.807) is 27.9 Å². The van der Waals surface area contributed by atoms with Gasteiger partial charge in [0.2, 0.25) is 5.78 Å². The number of rotatable bonds is 6. The molecule has 0 unspecified atom stereocenters. The summed E-state index contributed by atoms with van der Waals surface area (Å²) in [5.41, 5.74) is 2.04. The van der Waals surface area contributed by atoms with Gasteiger partial charge < -0.3 is 10.2 Å². The number of thiazole rings is 1. The van der Waals surface area contributed by atoms with Crippen LogP contribution >= 0.6 is 34.3 Å². The van der Waals surface area contributed by atoms with Crippen molar-refractivity contribution >= 4 is 56.1 Å². The topological polar surface area (TPSA) is 74.3 Å². The van der Waals surface area contributed by atoms with E-state index in [2.05, 4.69) is 15.6 Å². The van der Waals surface area contributed by atoms with E-state index in [1.807, 2.05) is 6.07 Å². The maximum Gasteiger partial charge on any atom is 0.416 e. The molecule has 4 heterocycles. The van der Waals surface area contributed by atoms with Gasteiger partial charge in [-0.3, -0.25) is 14.9 Å². The van der Waals surface area contributed by atoms with Crippen LogP contribution in [0.1, 0.15) is 32.1 Å². The lowest BCUT2D eigenvalue weighted by Crippen LogP contribution is -2.67. The van der Waals surface area contributed by atoms with E-state index in [0.29, 0.717) is 47.2 Å². The number of amides is 1. The number of thiophene rings is 1. The van der Waals surface area contributed by atoms with Gasteiger partial charge in [-0.1, -0.05) is 35.9 Å². The number of benzene rings is 2. The summed E-state index contributed by atoms with van der Waals surface area (Å²) >= 11 is 9.26. The number of halogens is 4. The molecule has 2 aliphatic rings. The van der Waals surface area contributed by atoms with E-state index in [0.717, 1.165) is 34.3 Å². The second kappa shape index (κ2) is 9.97. The van der Waals surface area contributed by atoms with Gasteiger partial charge >= 0.3 is 6.18 Å². The van der Waals surface area contributed by atoms with E-state index in [4.69, 9.17) is 11.6 Å². The highest BCUT2D eigenvalue weighted by molar-refractivity contribution is 7.21. The highest BCUT2D eigenvalue weighted by Gasteiger charge is 2.46. The molecule has 12 heteroatoms. The first-order valence-corrected chi connectivity index (χ1v) is 14.4. The highest BCUT2D eigenvalue weighted by atomic mass is 35.5. The molecule has 39 heavy (non-hydrogen) atoms. The van der Waals surface area contributed by atoms with Crippen LogP contribution in [0.2, 0.25) is 5.02 Å². The van der Waals surface area contributed by atoms with E-state index in [9.17, 15) is 22.8 Å². The molecular formula is C27H22ClF3N4O2S2. The molecular weight excluding hydrogens is 569 g/mol. The number of fused-ring (bicyclic) bond motifs is 1. The fourth-order valence-corrected chi connectivity index (χ4v) is 7.20. The number of ketones is 1. The van der Waals surface area contributed by atoms with Crippen LogP contribution in [-0.4, -0.2) is 59.3 Å². The third kappa shape index (κ3) is 4.87. The highest BCUT2D eigenvalue weighted by Crippen LogP contribution is 2.39. The monoisotopic (exact) mass is 590 g/mol. The zero-order chi connectivity index (χ0) is 27.4. The number of Topliss-reactive ketones (excluding diaryl/α,β-unsaturated/α-hetero) is 1. The first-order chi connectivity index (χ1) is 18.6. The minimum atomic E-state index is -4.39. The van der Waals surface area contributed by atoms with Crippen molar-refractivity contribution in [1.82, 2.24) is 20.5 Å². The zero-order valence-corrected chi connectivity index (χ0v) is 22.7. The van der Waals surface area contributed by atoms with Crippen molar-refractivity contribution in [3.8, 4) is 11.1 Å². The first kappa shape index (κ1) is 26.4. The molecule has 2 saturated heterocycles. The zero-order valence-electron chi connectivity index (χ0n) is 20.3. The fourth-order valence-electron chi connectivity index (χ4n) is 5.15. The summed E-state index contributed by atoms with van der Waals surface area (Å²) in [5, 5.41) is 9.60. The summed E-state index contributed by atoms with van der Waals surface area (Å²) in [4.78, 5) is 32.8. The Morgan fingerprint density at radius 1 is 1.13 bits per heavy atom. The van der Waals surface area contributed by atoms with Crippen LogP contribution in [-0.2, 0) is 6.18 Å². The Labute approximate surface area is 234 Å². The molecule has 6 nitrogen and oxygen atoms in total. The number of hydrogen-bond donors (Lipinski definition) is 2. The quantitative estimate of drug-likeness (QED) is 0.281. The van der Waals surface area contributed by atoms with E-state index < -0.39 is 17.3 Å². The Balaban J connectivity index is 1.16. The summed E-state index contributed by atoms with van der Waals surface area (Å²) in [6.07, 6.45) is -3.74. The molecule has 1 amide bonds. The molecule has 0 radical (unpaired) electrons. The van der Waals surface area contributed by atoms with Crippen molar-refractivity contribution < 1.29 is 22.8 Å². The third-order valence-electron chi connectivity index (χ3n) is 7.27. The van der Waals surface area contributed by atoms with Gasteiger partial charge in [0.15, 0.2) is 0 Å². The fraction of sp³-hybridized carbons (Fsp3) is 0.296. The van der Waals surface area contributed by atoms with Gasteiger partial charge in [-0.05, 0) is 42.3 Å². The van der Waals surface area contributed by atoms with Crippen molar-refractivity contribution in [3.05, 3.63) is 74.5 Å². The summed E-state index contributed by atoms with van der Waals surface area (Å²) in [5.74, 6) is -0.213. The normalized spacial score (nSPS) is 19.9. The van der Waals surface area contributed by atoms with Crippen LogP contribution in [0.3, 0.4) is 0 Å². The molecule has 202 valence electrons. The van der Waals surface area contributed by atoms with Crippen molar-refractivity contribution in [2.24, 2.45) is 0 Å². The smallest absolute Gasteiger partial charge is 0.335 e. The Bertz CT molecular complexity index is 1540. The van der Waals surface area contributed by atoms with Gasteiger partial charge in [0, 0.05) is 41.1 Å². The van der Waals surface area contributed by atoms with Gasteiger partial charge in [0.25, 0.3) is 5.91 Å². The van der Waals surface area contributed by atoms with Crippen molar-refractivity contribution in [3.63, 3.8) is 0 Å². The minimum Gasteiger partial charge on any atom is -0.335 e. The van der Waals surface area contributed by atoms with Crippen LogP contribution in [0.15, 0.2) is 53.4 Å². The lowest BCUT2D eigenvalue weighted by Gasteiger charge is -2.44. The second-order valence-electron chi connectivity index (χ2n) is 9.79. The molecule has 2 N–H and O–H groups in total. The van der Waals surface area contributed by atoms with Crippen molar-refractivity contribution in [1.29, 1.82) is 0 Å². The van der Waals surface area contributed by atoms with Crippen molar-refractivity contribution in [2.45, 2.75) is 24.2 Å². The molecule has 4 aromatic rings. The molecule has 0 bridgehead atoms. The summed E-state index contributed by atoms with van der Waals surface area (Å²) in [6.45, 7) is 2.14. The van der Waals surface area contributed by atoms with Crippen LogP contribution < -0.4 is 10.6 Å². The number of carbonyl (C=O) groups excluding carboxylic acids is 2. The molecule has 6 rings (SSSR count). The summed E-state index contributed by atoms with van der Waals surface area (Å²) < 4.78 is 39.5. The number of alkyl halides is 3. The predicted octanol–water partition coefficient (Wildman–Crippen LogP) is 5.73. The number of likely N-dealkylation sites (tertiary alicyclic amines) is 1. The molecule has 0 aliphatic carbocycles. The number of carbonyl (C=O) groups is 2. The van der Waals surface area contributed by atoms with E-state index >= 15 is 0 Å². The number of nitrogens with zero attached hydrogens (tertiary/aromatic N) is 2. The standard InChI is InChI=1S/C27H22ClF3N4O2S2/c28-22-19-6-3-16(15-1-4-17(5-2-15)27(29,30)31)9-21(19)39-23(22)25(37)35-10-18(11-35)34-26(7-8-32-13-26)24(36)20-12-38-14-33-20/h1-6,9,12,14,18,32,34H,7-8,10-11,13H2/t26-/m0/s1. The van der Waals surface area contributed by atoms with E-state index in [1.165, 1.54) is 34.8 Å². The third-order valence-corrected chi connectivity index (χ3v) is 9.51. The maximum atomic E-state index is 13.3. The summed E-state index contributed by atoms with van der Waals surface area (Å²) in [6, 6.07) is 10.4. The van der Waals surface area contributed by atoms with Gasteiger partial charge in [-0.2, -0.15) is 13.2 Å². The van der Waals surface area contributed by atoms with Gasteiger partial charge in [0.05, 0.1) is 21.6 Å². The Kier molecular flexibility index (Phi) is 6.75. The van der Waals surface area contributed by atoms with Crippen LogP contribution in [0, 0.1) is 0 Å². The van der Waals surface area contributed by atoms with E-state index in [-0.39, 0.29) is 17.7 Å². The van der Waals surface area contributed by atoms with Gasteiger partial charge in [-0.15, -0.1) is 22.7 Å². The van der Waals surface area contributed by atoms with Gasteiger partial charge in [0.1, 0.15) is 10.6 Å². The molecule has 2 fully saturated rings. The average Bonchev–Trinajstić information content (AvgIpc) is 3.66. The molecule has 2 aliphatic heterocycles. The SMILES string of the molecule is O=C(c1sc2cc(-c3ccc(C(F)(F)F)cc3)ccc2c1Cl)N1CC(N[C@@]2(C(=O)c3cscn3)CCNC2)C1. The average molecular weight is 591 g/mol. The molecule has 0 saturated carbocycles. The van der Waals surface area contributed by atoms with Crippen LogP contribution in [0.4, 0.5) is 13.2 Å². The Morgan fingerprint density at radius 3 is 2.51 bits per heavy atom. The van der Waals surface area contributed by atoms with Gasteiger partial charge in [-0.25, -0.2) is 4.98 Å². The summed E-state index contributed by atoms with van der Waals surface area (Å²) in [7, 11) is 0. The Morgan fingerprint density at radius 2 is 1.87 bits per heavy atom. The molecule has 2 aromatic heterocycles. The predicted molar refractivity (Wildman–Crippen MR) is 147 cm³/mol.